The molecule has 5 nitrogen and oxygen atoms in total. The second kappa shape index (κ2) is 7.53. The van der Waals surface area contributed by atoms with E-state index in [-0.39, 0.29) is 4.90 Å². The maximum absolute atomic E-state index is 12.1. The minimum atomic E-state index is -3.45. The van der Waals surface area contributed by atoms with Crippen LogP contribution in [0.5, 0.6) is 0 Å². The van der Waals surface area contributed by atoms with Crippen molar-refractivity contribution in [2.24, 2.45) is 0 Å². The van der Waals surface area contributed by atoms with E-state index in [9.17, 15) is 8.42 Å². The molecular formula is C14H19N3O2S2. The van der Waals surface area contributed by atoms with Crippen LogP contribution in [0.15, 0.2) is 40.1 Å². The van der Waals surface area contributed by atoms with Crippen molar-refractivity contribution >= 4 is 27.0 Å². The molecule has 21 heavy (non-hydrogen) atoms. The van der Waals surface area contributed by atoms with Crippen LogP contribution in [-0.2, 0) is 16.4 Å². The third kappa shape index (κ3) is 4.80. The van der Waals surface area contributed by atoms with Crippen LogP contribution >= 0.6 is 11.3 Å². The maximum atomic E-state index is 12.1. The highest BCUT2D eigenvalue weighted by Gasteiger charge is 2.13. The Kier molecular flexibility index (Phi) is 5.72. The Hall–Kier alpha value is -1.44. The molecule has 1 aromatic carbocycles. The van der Waals surface area contributed by atoms with Gasteiger partial charge in [-0.05, 0) is 30.7 Å². The monoisotopic (exact) mass is 325 g/mol. The molecule has 2 N–H and O–H groups in total. The zero-order chi connectivity index (χ0) is 15.1. The van der Waals surface area contributed by atoms with E-state index in [0.29, 0.717) is 13.0 Å². The van der Waals surface area contributed by atoms with Gasteiger partial charge in [0.15, 0.2) is 0 Å². The van der Waals surface area contributed by atoms with Gasteiger partial charge < -0.3 is 5.32 Å². The van der Waals surface area contributed by atoms with Crippen molar-refractivity contribution in [2.45, 2.75) is 24.7 Å². The van der Waals surface area contributed by atoms with Gasteiger partial charge in [0.05, 0.1) is 16.1 Å². The smallest absolute Gasteiger partial charge is 0.240 e. The predicted octanol–water partition coefficient (Wildman–Crippen LogP) is 2.49. The molecule has 0 amide bonds. The summed E-state index contributed by atoms with van der Waals surface area (Å²) < 4.78 is 26.9. The molecule has 0 unspecified atom stereocenters. The molecule has 0 atom stereocenters. The minimum absolute atomic E-state index is 0.280. The van der Waals surface area contributed by atoms with E-state index in [1.54, 1.807) is 29.8 Å². The van der Waals surface area contributed by atoms with Gasteiger partial charge in [-0.25, -0.2) is 18.1 Å². The average Bonchev–Trinajstić information content (AvgIpc) is 2.98. The van der Waals surface area contributed by atoms with Gasteiger partial charge in [0.2, 0.25) is 10.0 Å². The van der Waals surface area contributed by atoms with Crippen molar-refractivity contribution in [3.8, 4) is 0 Å². The number of hydrogen-bond donors (Lipinski definition) is 2. The normalized spacial score (nSPS) is 11.5. The lowest BCUT2D eigenvalue weighted by Gasteiger charge is -2.08. The van der Waals surface area contributed by atoms with Crippen molar-refractivity contribution in [1.82, 2.24) is 9.71 Å². The molecule has 0 aliphatic carbocycles. The summed E-state index contributed by atoms with van der Waals surface area (Å²) in [4.78, 5) is 4.40. The highest BCUT2D eigenvalue weighted by molar-refractivity contribution is 7.89. The zero-order valence-electron chi connectivity index (χ0n) is 11.9. The van der Waals surface area contributed by atoms with E-state index >= 15 is 0 Å². The van der Waals surface area contributed by atoms with Crippen molar-refractivity contribution in [1.29, 1.82) is 0 Å². The number of rotatable bonds is 8. The molecule has 2 aromatic rings. The van der Waals surface area contributed by atoms with Crippen LogP contribution in [0.4, 0.5) is 5.69 Å². The number of thiazole rings is 1. The quantitative estimate of drug-likeness (QED) is 0.782. The molecule has 0 fully saturated rings. The number of benzene rings is 1. The van der Waals surface area contributed by atoms with Crippen molar-refractivity contribution < 1.29 is 8.42 Å². The largest absolute Gasteiger partial charge is 0.385 e. The minimum Gasteiger partial charge on any atom is -0.385 e. The number of sulfonamides is 1. The summed E-state index contributed by atoms with van der Waals surface area (Å²) in [6.07, 6.45) is 1.62. The van der Waals surface area contributed by atoms with E-state index in [0.717, 1.165) is 24.3 Å². The van der Waals surface area contributed by atoms with Gasteiger partial charge in [-0.15, -0.1) is 11.3 Å². The van der Waals surface area contributed by atoms with E-state index in [2.05, 4.69) is 21.9 Å². The Morgan fingerprint density at radius 2 is 1.95 bits per heavy atom. The fourth-order valence-electron chi connectivity index (χ4n) is 1.78. The number of aromatic nitrogens is 1. The summed E-state index contributed by atoms with van der Waals surface area (Å²) in [6, 6.07) is 6.79. The fraction of sp³-hybridized carbons (Fsp3) is 0.357. The first-order valence-electron chi connectivity index (χ1n) is 6.82. The van der Waals surface area contributed by atoms with Crippen LogP contribution in [0.1, 0.15) is 19.0 Å². The molecule has 1 aromatic heterocycles. The van der Waals surface area contributed by atoms with Crippen LogP contribution in [0.3, 0.4) is 0 Å². The Morgan fingerprint density at radius 3 is 2.57 bits per heavy atom. The Morgan fingerprint density at radius 1 is 1.19 bits per heavy atom. The van der Waals surface area contributed by atoms with Crippen LogP contribution in [-0.4, -0.2) is 26.5 Å². The molecule has 7 heteroatoms. The SMILES string of the molecule is CCCNc1ccc(S(=O)(=O)NCCc2cscn2)cc1. The van der Waals surface area contributed by atoms with Crippen molar-refractivity contribution in [3.63, 3.8) is 0 Å². The van der Waals surface area contributed by atoms with Crippen LogP contribution < -0.4 is 10.0 Å². The van der Waals surface area contributed by atoms with Gasteiger partial charge in [-0.3, -0.25) is 0 Å². The van der Waals surface area contributed by atoms with E-state index < -0.39 is 10.0 Å². The molecule has 0 saturated carbocycles. The molecule has 0 aliphatic heterocycles. The summed E-state index contributed by atoms with van der Waals surface area (Å²) in [6.45, 7) is 3.30. The van der Waals surface area contributed by atoms with Gasteiger partial charge in [0, 0.05) is 30.6 Å². The Balaban J connectivity index is 1.92. The molecule has 0 radical (unpaired) electrons. The Labute approximate surface area is 129 Å². The van der Waals surface area contributed by atoms with E-state index in [1.165, 1.54) is 11.3 Å². The van der Waals surface area contributed by atoms with Crippen molar-refractivity contribution in [3.05, 3.63) is 40.8 Å². The topological polar surface area (TPSA) is 71.1 Å². The first kappa shape index (κ1) is 15.9. The summed E-state index contributed by atoms with van der Waals surface area (Å²) in [5.41, 5.74) is 3.58. The molecule has 0 spiro atoms. The molecular weight excluding hydrogens is 306 g/mol. The van der Waals surface area contributed by atoms with E-state index in [1.807, 2.05) is 5.38 Å². The van der Waals surface area contributed by atoms with E-state index in [4.69, 9.17) is 0 Å². The summed E-state index contributed by atoms with van der Waals surface area (Å²) >= 11 is 1.51. The predicted molar refractivity (Wildman–Crippen MR) is 86.2 cm³/mol. The zero-order valence-corrected chi connectivity index (χ0v) is 13.5. The van der Waals surface area contributed by atoms with Gasteiger partial charge in [0.25, 0.3) is 0 Å². The molecule has 114 valence electrons. The van der Waals surface area contributed by atoms with Crippen LogP contribution in [0, 0.1) is 0 Å². The molecule has 0 aliphatic rings. The number of nitrogens with zero attached hydrogens (tertiary/aromatic N) is 1. The molecule has 0 saturated heterocycles. The highest BCUT2D eigenvalue weighted by Crippen LogP contribution is 2.14. The lowest BCUT2D eigenvalue weighted by molar-refractivity contribution is 0.581. The second-order valence-corrected chi connectivity index (χ2v) is 7.06. The fourth-order valence-corrected chi connectivity index (χ4v) is 3.40. The first-order chi connectivity index (χ1) is 10.1. The molecule has 2 rings (SSSR count). The maximum Gasteiger partial charge on any atom is 0.240 e. The molecule has 0 bridgehead atoms. The summed E-state index contributed by atoms with van der Waals surface area (Å²) in [5.74, 6) is 0. The lowest BCUT2D eigenvalue weighted by Crippen LogP contribution is -2.26. The molecule has 1 heterocycles. The van der Waals surface area contributed by atoms with Gasteiger partial charge in [0.1, 0.15) is 0 Å². The highest BCUT2D eigenvalue weighted by atomic mass is 32.2. The van der Waals surface area contributed by atoms with Crippen LogP contribution in [0.25, 0.3) is 0 Å². The summed E-state index contributed by atoms with van der Waals surface area (Å²) in [7, 11) is -3.45. The Bertz CT molecular complexity index is 637. The second-order valence-electron chi connectivity index (χ2n) is 4.58. The van der Waals surface area contributed by atoms with Gasteiger partial charge in [-0.2, -0.15) is 0 Å². The third-order valence-corrected chi connectivity index (χ3v) is 5.01. The van der Waals surface area contributed by atoms with Crippen LogP contribution in [0.2, 0.25) is 0 Å². The third-order valence-electron chi connectivity index (χ3n) is 2.90. The average molecular weight is 325 g/mol. The standard InChI is InChI=1S/C14H19N3O2S2/c1-2-8-15-12-3-5-14(6-4-12)21(18,19)17-9-7-13-10-20-11-16-13/h3-6,10-11,15,17H,2,7-9H2,1H3. The van der Waals surface area contributed by atoms with Gasteiger partial charge >= 0.3 is 0 Å². The number of nitrogens with one attached hydrogen (secondary N) is 2. The van der Waals surface area contributed by atoms with Crippen molar-refractivity contribution in [2.75, 3.05) is 18.4 Å². The van der Waals surface area contributed by atoms with Gasteiger partial charge in [-0.1, -0.05) is 6.92 Å². The summed E-state index contributed by atoms with van der Waals surface area (Å²) in [5, 5.41) is 5.13. The number of hydrogen-bond acceptors (Lipinski definition) is 5. The number of anilines is 1. The first-order valence-corrected chi connectivity index (χ1v) is 9.25. The lowest BCUT2D eigenvalue weighted by atomic mass is 10.3.